The number of anilines is 3. The van der Waals surface area contributed by atoms with Crippen LogP contribution in [0.15, 0.2) is 33.9 Å². The van der Waals surface area contributed by atoms with Gasteiger partial charge in [-0.3, -0.25) is 14.8 Å². The van der Waals surface area contributed by atoms with Crippen molar-refractivity contribution in [1.82, 2.24) is 25.1 Å². The fraction of sp³-hybridized carbons (Fsp3) is 0. The van der Waals surface area contributed by atoms with Crippen LogP contribution in [0.25, 0.3) is 11.2 Å². The molecule has 0 saturated heterocycles. The molecule has 3 aromatic rings. The normalized spacial score (nSPS) is 10.6. The van der Waals surface area contributed by atoms with Crippen molar-refractivity contribution in [2.24, 2.45) is 0 Å². The summed E-state index contributed by atoms with van der Waals surface area (Å²) in [6.45, 7) is 0. The number of nitrogens with zero attached hydrogens (tertiary/aromatic N) is 3. The average molecular weight is 271 g/mol. The predicted molar refractivity (Wildman–Crippen MR) is 72.7 cm³/mol. The van der Waals surface area contributed by atoms with E-state index in [9.17, 15) is 9.59 Å². The molecule has 0 aliphatic rings. The maximum atomic E-state index is 11.5. The number of nitrogens with two attached hydrogens (primary N) is 1. The van der Waals surface area contributed by atoms with E-state index in [1.54, 1.807) is 24.3 Å². The van der Waals surface area contributed by atoms with Crippen LogP contribution in [0.3, 0.4) is 0 Å². The molecule has 0 spiro atoms. The number of rotatable bonds is 2. The largest absolute Gasteiger partial charge is 0.399 e. The van der Waals surface area contributed by atoms with Crippen molar-refractivity contribution in [2.75, 3.05) is 11.1 Å². The highest BCUT2D eigenvalue weighted by atomic mass is 16.2. The summed E-state index contributed by atoms with van der Waals surface area (Å²) in [4.78, 5) is 31.1. The van der Waals surface area contributed by atoms with Gasteiger partial charge in [0.1, 0.15) is 0 Å². The number of hydrogen-bond acceptors (Lipinski definition) is 7. The maximum absolute atomic E-state index is 11.5. The van der Waals surface area contributed by atoms with E-state index in [1.807, 2.05) is 4.98 Å². The second kappa shape index (κ2) is 4.46. The predicted octanol–water partition coefficient (Wildman–Crippen LogP) is -0.273. The van der Waals surface area contributed by atoms with Crippen LogP contribution < -0.4 is 22.3 Å². The molecular weight excluding hydrogens is 262 g/mol. The molecule has 0 unspecified atom stereocenters. The lowest BCUT2D eigenvalue weighted by Gasteiger charge is -2.04. The molecule has 0 aliphatic heterocycles. The third-order valence-electron chi connectivity index (χ3n) is 2.50. The molecule has 20 heavy (non-hydrogen) atoms. The first-order valence-electron chi connectivity index (χ1n) is 5.61. The first kappa shape index (κ1) is 11.8. The Kier molecular flexibility index (Phi) is 2.64. The number of hydrogen-bond donors (Lipinski definition) is 4. The number of nitrogen functional groups attached to an aromatic ring is 1. The summed E-state index contributed by atoms with van der Waals surface area (Å²) in [5.41, 5.74) is 5.62. The van der Waals surface area contributed by atoms with Crippen LogP contribution in [0.1, 0.15) is 0 Å². The molecule has 5 N–H and O–H groups in total. The molecule has 0 saturated carbocycles. The molecule has 9 heteroatoms. The topological polar surface area (TPSA) is 142 Å². The van der Waals surface area contributed by atoms with E-state index in [0.717, 1.165) is 0 Å². The van der Waals surface area contributed by atoms with E-state index in [4.69, 9.17) is 5.73 Å². The van der Waals surface area contributed by atoms with Gasteiger partial charge >= 0.3 is 5.69 Å². The van der Waals surface area contributed by atoms with Crippen LogP contribution in [0.2, 0.25) is 0 Å². The second-order valence-electron chi connectivity index (χ2n) is 3.99. The Bertz CT molecular complexity index is 899. The third kappa shape index (κ3) is 2.19. The first-order chi connectivity index (χ1) is 9.61. The minimum Gasteiger partial charge on any atom is -0.399 e. The smallest absolute Gasteiger partial charge is 0.327 e. The van der Waals surface area contributed by atoms with E-state index in [-0.39, 0.29) is 17.1 Å². The number of fused-ring (bicyclic) bond motifs is 1. The minimum absolute atomic E-state index is 0.0391. The van der Waals surface area contributed by atoms with E-state index >= 15 is 0 Å². The summed E-state index contributed by atoms with van der Waals surface area (Å²) in [7, 11) is 0. The standard InChI is InChI=1S/C11H9N7O2/c12-5-2-1-3-6(4-5)13-10-14-8-7(17-18-10)9(19)16-11(20)15-8/h1-4H,12H2,(H3,13,14,15,16,18,19,20). The van der Waals surface area contributed by atoms with Crippen LogP contribution >= 0.6 is 0 Å². The monoisotopic (exact) mass is 271 g/mol. The van der Waals surface area contributed by atoms with Gasteiger partial charge in [0, 0.05) is 11.4 Å². The fourth-order valence-corrected chi connectivity index (χ4v) is 1.67. The van der Waals surface area contributed by atoms with E-state index < -0.39 is 11.2 Å². The lowest BCUT2D eigenvalue weighted by Crippen LogP contribution is -2.23. The molecular formula is C11H9N7O2. The lowest BCUT2D eigenvalue weighted by molar-refractivity contribution is 0.972. The van der Waals surface area contributed by atoms with Crippen molar-refractivity contribution in [3.8, 4) is 0 Å². The zero-order valence-corrected chi connectivity index (χ0v) is 10.0. The number of benzene rings is 1. The average Bonchev–Trinajstić information content (AvgIpc) is 2.38. The van der Waals surface area contributed by atoms with Crippen molar-refractivity contribution in [3.05, 3.63) is 45.1 Å². The number of nitrogens with one attached hydrogen (secondary N) is 3. The van der Waals surface area contributed by atoms with Gasteiger partial charge in [0.2, 0.25) is 5.95 Å². The van der Waals surface area contributed by atoms with Gasteiger partial charge in [-0.15, -0.1) is 10.2 Å². The fourth-order valence-electron chi connectivity index (χ4n) is 1.67. The molecule has 1 aromatic carbocycles. The Labute approximate surface area is 110 Å². The van der Waals surface area contributed by atoms with Gasteiger partial charge in [0.15, 0.2) is 11.2 Å². The molecule has 0 atom stereocenters. The Morgan fingerprint density at radius 3 is 2.80 bits per heavy atom. The summed E-state index contributed by atoms with van der Waals surface area (Å²) >= 11 is 0. The van der Waals surface area contributed by atoms with Gasteiger partial charge < -0.3 is 11.1 Å². The Balaban J connectivity index is 2.05. The first-order valence-corrected chi connectivity index (χ1v) is 5.61. The summed E-state index contributed by atoms with van der Waals surface area (Å²) < 4.78 is 0. The van der Waals surface area contributed by atoms with Crippen LogP contribution in [-0.2, 0) is 0 Å². The highest BCUT2D eigenvalue weighted by molar-refractivity contribution is 5.69. The quantitative estimate of drug-likeness (QED) is 0.470. The molecule has 0 aliphatic carbocycles. The van der Waals surface area contributed by atoms with Gasteiger partial charge in [0.25, 0.3) is 5.56 Å². The Morgan fingerprint density at radius 2 is 2.00 bits per heavy atom. The summed E-state index contributed by atoms with van der Waals surface area (Å²) in [5.74, 6) is 0.143. The highest BCUT2D eigenvalue weighted by Crippen LogP contribution is 2.15. The molecule has 0 bridgehead atoms. The van der Waals surface area contributed by atoms with E-state index in [1.165, 1.54) is 0 Å². The van der Waals surface area contributed by atoms with Crippen molar-refractivity contribution < 1.29 is 0 Å². The van der Waals surface area contributed by atoms with Gasteiger partial charge in [-0.2, -0.15) is 4.98 Å². The highest BCUT2D eigenvalue weighted by Gasteiger charge is 2.06. The SMILES string of the molecule is Nc1cccc(Nc2nnc3c(=O)[nH]c(=O)[nH]c3n2)c1. The second-order valence-corrected chi connectivity index (χ2v) is 3.99. The van der Waals surface area contributed by atoms with Crippen molar-refractivity contribution >= 4 is 28.5 Å². The van der Waals surface area contributed by atoms with Gasteiger partial charge in [0.05, 0.1) is 0 Å². The van der Waals surface area contributed by atoms with Crippen LogP contribution in [-0.4, -0.2) is 25.1 Å². The Hall–Kier alpha value is -3.23. The van der Waals surface area contributed by atoms with Gasteiger partial charge in [-0.25, -0.2) is 4.79 Å². The van der Waals surface area contributed by atoms with Gasteiger partial charge in [-0.1, -0.05) is 6.07 Å². The zero-order chi connectivity index (χ0) is 14.1. The molecule has 0 fully saturated rings. The molecule has 2 aromatic heterocycles. The number of H-pyrrole nitrogens is 2. The molecule has 0 amide bonds. The molecule has 2 heterocycles. The lowest BCUT2D eigenvalue weighted by atomic mass is 10.3. The van der Waals surface area contributed by atoms with E-state index in [2.05, 4.69) is 25.5 Å². The zero-order valence-electron chi connectivity index (χ0n) is 10.0. The van der Waals surface area contributed by atoms with Crippen molar-refractivity contribution in [2.45, 2.75) is 0 Å². The number of aromatic amines is 2. The molecule has 100 valence electrons. The van der Waals surface area contributed by atoms with E-state index in [0.29, 0.717) is 11.4 Å². The summed E-state index contributed by atoms with van der Waals surface area (Å²) in [6, 6.07) is 6.96. The Morgan fingerprint density at radius 1 is 1.15 bits per heavy atom. The molecule has 9 nitrogen and oxygen atoms in total. The van der Waals surface area contributed by atoms with Crippen LogP contribution in [0.4, 0.5) is 17.3 Å². The van der Waals surface area contributed by atoms with Crippen LogP contribution in [0.5, 0.6) is 0 Å². The number of aromatic nitrogens is 5. The summed E-state index contributed by atoms with van der Waals surface area (Å²) in [6.07, 6.45) is 0. The maximum Gasteiger partial charge on any atom is 0.327 e. The van der Waals surface area contributed by atoms with Crippen molar-refractivity contribution in [1.29, 1.82) is 0 Å². The van der Waals surface area contributed by atoms with Crippen molar-refractivity contribution in [3.63, 3.8) is 0 Å². The molecule has 3 rings (SSSR count). The molecule has 0 radical (unpaired) electrons. The van der Waals surface area contributed by atoms with Gasteiger partial charge in [-0.05, 0) is 18.2 Å². The van der Waals surface area contributed by atoms with Crippen LogP contribution in [0, 0.1) is 0 Å². The summed E-state index contributed by atoms with van der Waals surface area (Å²) in [5, 5.41) is 10.4. The third-order valence-corrected chi connectivity index (χ3v) is 2.50. The minimum atomic E-state index is -0.655.